The standard InChI is InChI=1S/C16H17ClN2O2S/c1-11-15(22-10-18-11)16(20)19-8-6-14(7-9-19)21-13-4-2-12(17)3-5-13/h2-5,10,14H,6-9H2,1H3. The molecule has 0 radical (unpaired) electrons. The molecule has 0 N–H and O–H groups in total. The predicted molar refractivity (Wildman–Crippen MR) is 87.9 cm³/mol. The van der Waals surface area contributed by atoms with Gasteiger partial charge in [0.25, 0.3) is 5.91 Å². The first kappa shape index (κ1) is 15.3. The number of halogens is 1. The minimum Gasteiger partial charge on any atom is -0.490 e. The second kappa shape index (κ2) is 6.67. The summed E-state index contributed by atoms with van der Waals surface area (Å²) >= 11 is 7.28. The lowest BCUT2D eigenvalue weighted by atomic mass is 10.1. The van der Waals surface area contributed by atoms with Gasteiger partial charge < -0.3 is 9.64 Å². The number of likely N-dealkylation sites (tertiary alicyclic amines) is 1. The van der Waals surface area contributed by atoms with Crippen LogP contribution in [-0.4, -0.2) is 35.0 Å². The van der Waals surface area contributed by atoms with Crippen molar-refractivity contribution in [3.8, 4) is 5.75 Å². The van der Waals surface area contributed by atoms with E-state index < -0.39 is 0 Å². The van der Waals surface area contributed by atoms with Gasteiger partial charge in [-0.2, -0.15) is 0 Å². The van der Waals surface area contributed by atoms with Crippen molar-refractivity contribution in [3.63, 3.8) is 0 Å². The van der Waals surface area contributed by atoms with Gasteiger partial charge >= 0.3 is 0 Å². The molecule has 1 aromatic carbocycles. The molecule has 0 spiro atoms. The maximum absolute atomic E-state index is 12.4. The molecule has 0 aliphatic carbocycles. The Labute approximate surface area is 138 Å². The Hall–Kier alpha value is -1.59. The third kappa shape index (κ3) is 3.42. The molecule has 3 rings (SSSR count). The summed E-state index contributed by atoms with van der Waals surface area (Å²) in [5.74, 6) is 0.914. The average Bonchev–Trinajstić information content (AvgIpc) is 2.96. The third-order valence-corrected chi connectivity index (χ3v) is 4.95. The Bertz CT molecular complexity index is 648. The average molecular weight is 337 g/mol. The van der Waals surface area contributed by atoms with Crippen LogP contribution in [0.5, 0.6) is 5.75 Å². The zero-order valence-corrected chi connectivity index (χ0v) is 13.9. The van der Waals surface area contributed by atoms with Gasteiger partial charge in [-0.25, -0.2) is 4.98 Å². The summed E-state index contributed by atoms with van der Waals surface area (Å²) in [4.78, 5) is 19.2. The van der Waals surface area contributed by atoms with Gasteiger partial charge in [0, 0.05) is 31.0 Å². The van der Waals surface area contributed by atoms with Crippen LogP contribution in [-0.2, 0) is 0 Å². The lowest BCUT2D eigenvalue weighted by molar-refractivity contribution is 0.0599. The number of piperidine rings is 1. The highest BCUT2D eigenvalue weighted by Gasteiger charge is 2.26. The molecule has 1 amide bonds. The first-order valence-electron chi connectivity index (χ1n) is 7.25. The molecule has 6 heteroatoms. The lowest BCUT2D eigenvalue weighted by Crippen LogP contribution is -2.41. The van der Waals surface area contributed by atoms with E-state index in [-0.39, 0.29) is 12.0 Å². The van der Waals surface area contributed by atoms with Crippen LogP contribution in [0.1, 0.15) is 28.2 Å². The minimum absolute atomic E-state index is 0.0879. The van der Waals surface area contributed by atoms with E-state index in [1.54, 1.807) is 5.51 Å². The second-order valence-electron chi connectivity index (χ2n) is 5.33. The highest BCUT2D eigenvalue weighted by molar-refractivity contribution is 7.11. The quantitative estimate of drug-likeness (QED) is 0.856. The van der Waals surface area contributed by atoms with Crippen LogP contribution < -0.4 is 4.74 Å². The largest absolute Gasteiger partial charge is 0.490 e. The lowest BCUT2D eigenvalue weighted by Gasteiger charge is -2.32. The number of benzene rings is 1. The van der Waals surface area contributed by atoms with E-state index in [1.807, 2.05) is 36.1 Å². The van der Waals surface area contributed by atoms with Gasteiger partial charge in [0.05, 0.1) is 11.2 Å². The summed E-state index contributed by atoms with van der Waals surface area (Å²) in [6.07, 6.45) is 1.83. The summed E-state index contributed by atoms with van der Waals surface area (Å²) in [5, 5.41) is 0.702. The summed E-state index contributed by atoms with van der Waals surface area (Å²) in [6.45, 7) is 3.31. The fraction of sp³-hybridized carbons (Fsp3) is 0.375. The fourth-order valence-electron chi connectivity index (χ4n) is 2.53. The van der Waals surface area contributed by atoms with Crippen molar-refractivity contribution in [3.05, 3.63) is 45.4 Å². The molecule has 0 saturated carbocycles. The molecular weight excluding hydrogens is 320 g/mol. The van der Waals surface area contributed by atoms with Crippen LogP contribution in [0.3, 0.4) is 0 Å². The highest BCUT2D eigenvalue weighted by atomic mass is 35.5. The Morgan fingerprint density at radius 3 is 2.59 bits per heavy atom. The van der Waals surface area contributed by atoms with Crippen LogP contribution in [0.2, 0.25) is 5.02 Å². The van der Waals surface area contributed by atoms with Gasteiger partial charge in [-0.3, -0.25) is 4.79 Å². The number of hydrogen-bond donors (Lipinski definition) is 0. The molecule has 22 heavy (non-hydrogen) atoms. The van der Waals surface area contributed by atoms with Gasteiger partial charge in [0.15, 0.2) is 0 Å². The molecule has 1 fully saturated rings. The van der Waals surface area contributed by atoms with E-state index in [0.717, 1.165) is 29.2 Å². The van der Waals surface area contributed by atoms with Gasteiger partial charge in [-0.1, -0.05) is 11.6 Å². The number of rotatable bonds is 3. The van der Waals surface area contributed by atoms with E-state index in [2.05, 4.69) is 4.98 Å². The molecule has 2 heterocycles. The number of hydrogen-bond acceptors (Lipinski definition) is 4. The van der Waals surface area contributed by atoms with Crippen LogP contribution in [0.25, 0.3) is 0 Å². The number of carbonyl (C=O) groups is 1. The fourth-order valence-corrected chi connectivity index (χ4v) is 3.43. The number of nitrogens with zero attached hydrogens (tertiary/aromatic N) is 2. The zero-order chi connectivity index (χ0) is 15.5. The molecule has 116 valence electrons. The van der Waals surface area contributed by atoms with Crippen molar-refractivity contribution in [1.82, 2.24) is 9.88 Å². The molecular formula is C16H17ClN2O2S. The summed E-state index contributed by atoms with van der Waals surface area (Å²) in [7, 11) is 0. The predicted octanol–water partition coefficient (Wildman–Crippen LogP) is 3.79. The van der Waals surface area contributed by atoms with Crippen molar-refractivity contribution in [2.75, 3.05) is 13.1 Å². The van der Waals surface area contributed by atoms with Gasteiger partial charge in [-0.15, -0.1) is 11.3 Å². The van der Waals surface area contributed by atoms with Crippen molar-refractivity contribution < 1.29 is 9.53 Å². The van der Waals surface area contributed by atoms with Crippen LogP contribution >= 0.6 is 22.9 Å². The third-order valence-electron chi connectivity index (χ3n) is 3.79. The summed E-state index contributed by atoms with van der Waals surface area (Å²) < 4.78 is 5.95. The van der Waals surface area contributed by atoms with E-state index in [0.29, 0.717) is 18.1 Å². The van der Waals surface area contributed by atoms with Crippen LogP contribution in [0.15, 0.2) is 29.8 Å². The van der Waals surface area contributed by atoms with E-state index in [4.69, 9.17) is 16.3 Å². The summed E-state index contributed by atoms with van der Waals surface area (Å²) in [6, 6.07) is 7.39. The monoisotopic (exact) mass is 336 g/mol. The molecule has 2 aromatic rings. The minimum atomic E-state index is 0.0879. The number of carbonyl (C=O) groups excluding carboxylic acids is 1. The SMILES string of the molecule is Cc1ncsc1C(=O)N1CCC(Oc2ccc(Cl)cc2)CC1. The Morgan fingerprint density at radius 2 is 2.00 bits per heavy atom. The number of aromatic nitrogens is 1. The Morgan fingerprint density at radius 1 is 1.32 bits per heavy atom. The van der Waals surface area contributed by atoms with Gasteiger partial charge in [0.2, 0.25) is 0 Å². The van der Waals surface area contributed by atoms with Crippen LogP contribution in [0.4, 0.5) is 0 Å². The maximum atomic E-state index is 12.4. The zero-order valence-electron chi connectivity index (χ0n) is 12.3. The maximum Gasteiger partial charge on any atom is 0.265 e. The van der Waals surface area contributed by atoms with Gasteiger partial charge in [0.1, 0.15) is 16.7 Å². The topological polar surface area (TPSA) is 42.4 Å². The molecule has 1 aliphatic rings. The highest BCUT2D eigenvalue weighted by Crippen LogP contribution is 2.23. The Kier molecular flexibility index (Phi) is 4.64. The first-order valence-corrected chi connectivity index (χ1v) is 8.51. The number of aryl methyl sites for hydroxylation is 1. The molecule has 1 saturated heterocycles. The molecule has 1 aromatic heterocycles. The van der Waals surface area contributed by atoms with E-state index in [1.165, 1.54) is 11.3 Å². The van der Waals surface area contributed by atoms with Crippen molar-refractivity contribution in [2.24, 2.45) is 0 Å². The van der Waals surface area contributed by atoms with Crippen molar-refractivity contribution in [2.45, 2.75) is 25.9 Å². The Balaban J connectivity index is 1.55. The normalized spacial score (nSPS) is 15.8. The van der Waals surface area contributed by atoms with Crippen molar-refractivity contribution in [1.29, 1.82) is 0 Å². The number of ether oxygens (including phenoxy) is 1. The van der Waals surface area contributed by atoms with E-state index >= 15 is 0 Å². The van der Waals surface area contributed by atoms with Crippen molar-refractivity contribution >= 4 is 28.8 Å². The molecule has 0 bridgehead atoms. The molecule has 0 atom stereocenters. The number of thiazole rings is 1. The molecule has 4 nitrogen and oxygen atoms in total. The van der Waals surface area contributed by atoms with Gasteiger partial charge in [-0.05, 0) is 31.2 Å². The first-order chi connectivity index (χ1) is 10.6. The summed E-state index contributed by atoms with van der Waals surface area (Å²) in [5.41, 5.74) is 2.54. The van der Waals surface area contributed by atoms with E-state index in [9.17, 15) is 4.79 Å². The number of amides is 1. The molecule has 0 unspecified atom stereocenters. The van der Waals surface area contributed by atoms with Crippen LogP contribution in [0, 0.1) is 6.92 Å². The second-order valence-corrected chi connectivity index (χ2v) is 6.62. The molecule has 1 aliphatic heterocycles. The smallest absolute Gasteiger partial charge is 0.265 e.